The van der Waals surface area contributed by atoms with Crippen LogP contribution in [-0.2, 0) is 0 Å². The van der Waals surface area contributed by atoms with Gasteiger partial charge in [-0.25, -0.2) is 9.97 Å². The van der Waals surface area contributed by atoms with E-state index in [9.17, 15) is 0 Å². The Hall–Kier alpha value is -1.23. The van der Waals surface area contributed by atoms with E-state index in [2.05, 4.69) is 14.5 Å². The van der Waals surface area contributed by atoms with E-state index in [0.717, 1.165) is 28.9 Å². The van der Waals surface area contributed by atoms with Gasteiger partial charge in [-0.2, -0.15) is 11.8 Å². The number of hydrogen-bond donors (Lipinski definition) is 1. The molecule has 3 rings (SSSR count). The van der Waals surface area contributed by atoms with Gasteiger partial charge in [-0.15, -0.1) is 0 Å². The molecule has 1 aliphatic rings. The lowest BCUT2D eigenvalue weighted by Gasteiger charge is -2.12. The van der Waals surface area contributed by atoms with Crippen molar-refractivity contribution in [3.63, 3.8) is 0 Å². The van der Waals surface area contributed by atoms with E-state index in [-0.39, 0.29) is 0 Å². The van der Waals surface area contributed by atoms with Gasteiger partial charge < -0.3 is 5.73 Å². The summed E-state index contributed by atoms with van der Waals surface area (Å²) in [7, 11) is 0. The zero-order valence-electron chi connectivity index (χ0n) is 9.18. The number of nitrogens with two attached hydrogens (primary N) is 1. The Balaban J connectivity index is 2.18. The zero-order valence-corrected chi connectivity index (χ0v) is 10.00. The Morgan fingerprint density at radius 3 is 3.19 bits per heavy atom. The van der Waals surface area contributed by atoms with Gasteiger partial charge in [0.2, 0.25) is 5.95 Å². The fourth-order valence-corrected chi connectivity index (χ4v) is 3.38. The van der Waals surface area contributed by atoms with Gasteiger partial charge in [-0.1, -0.05) is 0 Å². The summed E-state index contributed by atoms with van der Waals surface area (Å²) in [6.45, 7) is 2.02. The van der Waals surface area contributed by atoms with Crippen molar-refractivity contribution in [2.75, 3.05) is 17.2 Å². The molecule has 1 unspecified atom stereocenters. The van der Waals surface area contributed by atoms with Crippen molar-refractivity contribution in [2.24, 2.45) is 0 Å². The van der Waals surface area contributed by atoms with Gasteiger partial charge in [0.25, 0.3) is 0 Å². The molecule has 0 spiro atoms. The van der Waals surface area contributed by atoms with Gasteiger partial charge in [-0.3, -0.25) is 4.57 Å². The number of fused-ring (bicyclic) bond motifs is 1. The number of aryl methyl sites for hydroxylation is 1. The molecule has 0 radical (unpaired) electrons. The largest absolute Gasteiger partial charge is 0.369 e. The highest BCUT2D eigenvalue weighted by molar-refractivity contribution is 7.99. The topological polar surface area (TPSA) is 56.7 Å². The molecule has 0 amide bonds. The van der Waals surface area contributed by atoms with Crippen molar-refractivity contribution >= 4 is 28.9 Å². The van der Waals surface area contributed by atoms with Crippen molar-refractivity contribution in [1.29, 1.82) is 0 Å². The number of thioether (sulfide) groups is 1. The molecule has 3 heterocycles. The van der Waals surface area contributed by atoms with Crippen LogP contribution in [0.1, 0.15) is 18.0 Å². The third kappa shape index (κ3) is 1.46. The van der Waals surface area contributed by atoms with Crippen LogP contribution in [0.4, 0.5) is 5.95 Å². The minimum Gasteiger partial charge on any atom is -0.369 e. The van der Waals surface area contributed by atoms with Crippen molar-refractivity contribution < 1.29 is 0 Å². The molecule has 0 saturated carbocycles. The highest BCUT2D eigenvalue weighted by atomic mass is 32.2. The van der Waals surface area contributed by atoms with E-state index in [4.69, 9.17) is 5.73 Å². The van der Waals surface area contributed by atoms with Gasteiger partial charge in [0.05, 0.1) is 0 Å². The van der Waals surface area contributed by atoms with Crippen LogP contribution < -0.4 is 5.73 Å². The molecule has 0 bridgehead atoms. The standard InChI is InChI=1S/C11H14N4S/c1-7-4-9-10(13-5-7)15(11(12)14-9)8-2-3-16-6-8/h4-5,8H,2-3,6H2,1H3,(H2,12,14). The van der Waals surface area contributed by atoms with Crippen LogP contribution in [-0.4, -0.2) is 26.0 Å². The Kier molecular flexibility index (Phi) is 2.28. The molecule has 1 fully saturated rings. The third-order valence-corrected chi connectivity index (χ3v) is 4.11. The third-order valence-electron chi connectivity index (χ3n) is 2.96. The second-order valence-electron chi connectivity index (χ2n) is 4.21. The highest BCUT2D eigenvalue weighted by Crippen LogP contribution is 2.32. The molecule has 4 nitrogen and oxygen atoms in total. The van der Waals surface area contributed by atoms with E-state index in [0.29, 0.717) is 12.0 Å². The maximum Gasteiger partial charge on any atom is 0.202 e. The predicted octanol–water partition coefficient (Wildman–Crippen LogP) is 2.00. The first-order valence-electron chi connectivity index (χ1n) is 5.43. The van der Waals surface area contributed by atoms with E-state index in [1.165, 1.54) is 5.75 Å². The average Bonchev–Trinajstić information content (AvgIpc) is 2.83. The van der Waals surface area contributed by atoms with Crippen LogP contribution in [0.15, 0.2) is 12.3 Å². The molecule has 1 atom stereocenters. The summed E-state index contributed by atoms with van der Waals surface area (Å²) in [6, 6.07) is 2.50. The Labute approximate surface area is 98.3 Å². The van der Waals surface area contributed by atoms with Gasteiger partial charge in [-0.05, 0) is 30.7 Å². The minimum absolute atomic E-state index is 0.463. The molecule has 2 aromatic heterocycles. The predicted molar refractivity (Wildman–Crippen MR) is 67.7 cm³/mol. The molecule has 1 aliphatic heterocycles. The van der Waals surface area contributed by atoms with Gasteiger partial charge in [0, 0.05) is 18.0 Å². The first-order valence-corrected chi connectivity index (χ1v) is 6.59. The molecular weight excluding hydrogens is 220 g/mol. The normalized spacial score (nSPS) is 20.7. The number of aromatic nitrogens is 3. The molecule has 84 valence electrons. The lowest BCUT2D eigenvalue weighted by Crippen LogP contribution is -2.11. The van der Waals surface area contributed by atoms with Gasteiger partial charge >= 0.3 is 0 Å². The van der Waals surface area contributed by atoms with Crippen LogP contribution in [0, 0.1) is 6.92 Å². The first-order chi connectivity index (χ1) is 7.75. The van der Waals surface area contributed by atoms with Crippen molar-refractivity contribution in [2.45, 2.75) is 19.4 Å². The number of anilines is 1. The van der Waals surface area contributed by atoms with Crippen LogP contribution in [0.3, 0.4) is 0 Å². The molecule has 5 heteroatoms. The summed E-state index contributed by atoms with van der Waals surface area (Å²) in [5.74, 6) is 2.92. The SMILES string of the molecule is Cc1cnc2c(c1)nc(N)n2C1CCSC1. The average molecular weight is 234 g/mol. The molecule has 2 N–H and O–H groups in total. The molecular formula is C11H14N4S. The van der Waals surface area contributed by atoms with E-state index >= 15 is 0 Å². The first kappa shape index (κ1) is 9.96. The van der Waals surface area contributed by atoms with Gasteiger partial charge in [0.1, 0.15) is 5.52 Å². The maximum absolute atomic E-state index is 5.99. The number of hydrogen-bond acceptors (Lipinski definition) is 4. The second-order valence-corrected chi connectivity index (χ2v) is 5.36. The van der Waals surface area contributed by atoms with Crippen LogP contribution in [0.25, 0.3) is 11.2 Å². The highest BCUT2D eigenvalue weighted by Gasteiger charge is 2.22. The second kappa shape index (κ2) is 3.66. The van der Waals surface area contributed by atoms with Crippen LogP contribution in [0.5, 0.6) is 0 Å². The lowest BCUT2D eigenvalue weighted by atomic mass is 10.2. The smallest absolute Gasteiger partial charge is 0.202 e. The number of imidazole rings is 1. The molecule has 0 aromatic carbocycles. The van der Waals surface area contributed by atoms with E-state index < -0.39 is 0 Å². The van der Waals surface area contributed by atoms with E-state index in [1.807, 2.05) is 30.9 Å². The zero-order chi connectivity index (χ0) is 11.1. The fourth-order valence-electron chi connectivity index (χ4n) is 2.19. The summed E-state index contributed by atoms with van der Waals surface area (Å²) in [4.78, 5) is 8.84. The Bertz CT molecular complexity index is 528. The maximum atomic E-state index is 5.99. The van der Waals surface area contributed by atoms with Crippen molar-refractivity contribution in [3.8, 4) is 0 Å². The molecule has 1 saturated heterocycles. The summed E-state index contributed by atoms with van der Waals surface area (Å²) < 4.78 is 2.09. The van der Waals surface area contributed by atoms with E-state index in [1.54, 1.807) is 0 Å². The Morgan fingerprint density at radius 1 is 1.56 bits per heavy atom. The summed E-state index contributed by atoms with van der Waals surface area (Å²) in [5, 5.41) is 0. The van der Waals surface area contributed by atoms with Crippen molar-refractivity contribution in [3.05, 3.63) is 17.8 Å². The minimum atomic E-state index is 0.463. The molecule has 2 aromatic rings. The molecule has 0 aliphatic carbocycles. The summed E-state index contributed by atoms with van der Waals surface area (Å²) >= 11 is 1.97. The summed E-state index contributed by atoms with van der Waals surface area (Å²) in [6.07, 6.45) is 3.04. The monoisotopic (exact) mass is 234 g/mol. The number of nitrogens with zero attached hydrogens (tertiary/aromatic N) is 3. The number of rotatable bonds is 1. The fraction of sp³-hybridized carbons (Fsp3) is 0.455. The summed E-state index contributed by atoms with van der Waals surface area (Å²) in [5.41, 5.74) is 8.95. The van der Waals surface area contributed by atoms with Crippen molar-refractivity contribution in [1.82, 2.24) is 14.5 Å². The van der Waals surface area contributed by atoms with Crippen LogP contribution in [0.2, 0.25) is 0 Å². The van der Waals surface area contributed by atoms with Crippen LogP contribution >= 0.6 is 11.8 Å². The quantitative estimate of drug-likeness (QED) is 0.820. The lowest BCUT2D eigenvalue weighted by molar-refractivity contribution is 0.579. The van der Waals surface area contributed by atoms with Gasteiger partial charge in [0.15, 0.2) is 5.65 Å². The Morgan fingerprint density at radius 2 is 2.44 bits per heavy atom. The number of pyridine rings is 1. The molecule has 16 heavy (non-hydrogen) atoms. The number of nitrogen functional groups attached to an aromatic ring is 1.